The molecular formula is C19H31NO5S2. The standard InChI is InChI=1S/C19H31NO5S2/c1-15(2)20-27(24,25)19-11-8-9-17(14-19)13-18(21)10-6-5-7-12-26(22,23)16(3)4/h8-9,11,14-16,20H,5-7,10,12-13H2,1-4H3. The number of sulfone groups is 1. The molecule has 0 unspecified atom stereocenters. The van der Waals surface area contributed by atoms with Gasteiger partial charge >= 0.3 is 0 Å². The molecule has 0 fully saturated rings. The Morgan fingerprint density at radius 1 is 1.00 bits per heavy atom. The van der Waals surface area contributed by atoms with Crippen LogP contribution in [0.15, 0.2) is 29.2 Å². The van der Waals surface area contributed by atoms with Gasteiger partial charge in [-0.1, -0.05) is 18.6 Å². The second-order valence-electron chi connectivity index (χ2n) is 7.37. The molecule has 0 heterocycles. The number of carbonyl (C=O) groups excluding carboxylic acids is 1. The van der Waals surface area contributed by atoms with E-state index < -0.39 is 19.9 Å². The molecule has 154 valence electrons. The maximum Gasteiger partial charge on any atom is 0.240 e. The van der Waals surface area contributed by atoms with Gasteiger partial charge in [-0.15, -0.1) is 0 Å². The van der Waals surface area contributed by atoms with Crippen LogP contribution in [0.25, 0.3) is 0 Å². The third-order valence-electron chi connectivity index (χ3n) is 4.10. The number of hydrogen-bond donors (Lipinski definition) is 1. The monoisotopic (exact) mass is 417 g/mol. The fourth-order valence-corrected chi connectivity index (χ4v) is 4.95. The summed E-state index contributed by atoms with van der Waals surface area (Å²) in [5, 5.41) is -0.368. The van der Waals surface area contributed by atoms with Crippen LogP contribution in [0.5, 0.6) is 0 Å². The Morgan fingerprint density at radius 2 is 1.67 bits per heavy atom. The van der Waals surface area contributed by atoms with E-state index in [9.17, 15) is 21.6 Å². The maximum absolute atomic E-state index is 12.2. The average molecular weight is 418 g/mol. The Hall–Kier alpha value is -1.25. The van der Waals surface area contributed by atoms with Crippen LogP contribution in [0, 0.1) is 0 Å². The fraction of sp³-hybridized carbons (Fsp3) is 0.632. The van der Waals surface area contributed by atoms with Gasteiger partial charge in [0.25, 0.3) is 0 Å². The van der Waals surface area contributed by atoms with Crippen LogP contribution in [0.1, 0.15) is 58.9 Å². The summed E-state index contributed by atoms with van der Waals surface area (Å²) in [6.07, 6.45) is 2.42. The van der Waals surface area contributed by atoms with Crippen molar-refractivity contribution in [3.05, 3.63) is 29.8 Å². The van der Waals surface area contributed by atoms with Crippen molar-refractivity contribution >= 4 is 25.6 Å². The first-order chi connectivity index (χ1) is 12.4. The van der Waals surface area contributed by atoms with E-state index in [0.717, 1.165) is 0 Å². The van der Waals surface area contributed by atoms with Gasteiger partial charge in [0, 0.05) is 18.9 Å². The van der Waals surface area contributed by atoms with Crippen molar-refractivity contribution in [2.24, 2.45) is 0 Å². The van der Waals surface area contributed by atoms with Gasteiger partial charge in [0.1, 0.15) is 5.78 Å². The molecule has 0 aliphatic heterocycles. The summed E-state index contributed by atoms with van der Waals surface area (Å²) < 4.78 is 50.4. The Morgan fingerprint density at radius 3 is 2.26 bits per heavy atom. The van der Waals surface area contributed by atoms with E-state index in [4.69, 9.17) is 0 Å². The van der Waals surface area contributed by atoms with Gasteiger partial charge < -0.3 is 0 Å². The number of Topliss-reactive ketones (excluding diaryl/α,β-unsaturated/α-hetero) is 1. The predicted octanol–water partition coefficient (Wildman–Crippen LogP) is 2.87. The first-order valence-corrected chi connectivity index (χ1v) is 12.5. The largest absolute Gasteiger partial charge is 0.299 e. The fourth-order valence-electron chi connectivity index (χ4n) is 2.55. The number of ketones is 1. The van der Waals surface area contributed by atoms with Gasteiger partial charge in [0.05, 0.1) is 15.9 Å². The van der Waals surface area contributed by atoms with Crippen LogP contribution >= 0.6 is 0 Å². The molecule has 0 radical (unpaired) electrons. The van der Waals surface area contributed by atoms with Gasteiger partial charge in [0.15, 0.2) is 9.84 Å². The molecule has 0 saturated carbocycles. The van der Waals surface area contributed by atoms with Gasteiger partial charge in [0.2, 0.25) is 10.0 Å². The van der Waals surface area contributed by atoms with Crippen LogP contribution in [-0.4, -0.2) is 39.7 Å². The zero-order valence-electron chi connectivity index (χ0n) is 16.6. The summed E-state index contributed by atoms with van der Waals surface area (Å²) in [6, 6.07) is 6.20. The molecule has 0 atom stereocenters. The number of sulfonamides is 1. The lowest BCUT2D eigenvalue weighted by atomic mass is 10.0. The highest BCUT2D eigenvalue weighted by atomic mass is 32.2. The summed E-state index contributed by atoms with van der Waals surface area (Å²) in [4.78, 5) is 12.3. The lowest BCUT2D eigenvalue weighted by Gasteiger charge is -2.10. The molecule has 27 heavy (non-hydrogen) atoms. The number of hydrogen-bond acceptors (Lipinski definition) is 5. The smallest absolute Gasteiger partial charge is 0.240 e. The number of benzene rings is 1. The van der Waals surface area contributed by atoms with E-state index in [1.807, 2.05) is 0 Å². The number of carbonyl (C=O) groups is 1. The normalized spacial score (nSPS) is 12.7. The second kappa shape index (κ2) is 10.3. The van der Waals surface area contributed by atoms with Gasteiger partial charge in [-0.2, -0.15) is 0 Å². The molecule has 1 aromatic rings. The molecule has 0 spiro atoms. The van der Waals surface area contributed by atoms with E-state index in [2.05, 4.69) is 4.72 Å². The van der Waals surface area contributed by atoms with Crippen LogP contribution in [0.3, 0.4) is 0 Å². The number of nitrogens with one attached hydrogen (secondary N) is 1. The highest BCUT2D eigenvalue weighted by Crippen LogP contribution is 2.14. The lowest BCUT2D eigenvalue weighted by Crippen LogP contribution is -2.30. The maximum atomic E-state index is 12.2. The molecule has 1 aromatic carbocycles. The summed E-state index contributed by atoms with van der Waals surface area (Å²) >= 11 is 0. The second-order valence-corrected chi connectivity index (χ2v) is 11.8. The summed E-state index contributed by atoms with van der Waals surface area (Å²) in [5.41, 5.74) is 0.661. The summed E-state index contributed by atoms with van der Waals surface area (Å²) in [5.74, 6) is 0.176. The van der Waals surface area contributed by atoms with E-state index in [0.29, 0.717) is 31.2 Å². The number of rotatable bonds is 12. The third kappa shape index (κ3) is 8.53. The molecule has 0 aliphatic carbocycles. The molecule has 1 rings (SSSR count). The van der Waals surface area contributed by atoms with Gasteiger partial charge in [-0.25, -0.2) is 21.6 Å². The van der Waals surface area contributed by atoms with Gasteiger partial charge in [-0.05, 0) is 58.2 Å². The van der Waals surface area contributed by atoms with Crippen molar-refractivity contribution in [1.29, 1.82) is 0 Å². The Kier molecular flexibility index (Phi) is 9.11. The molecule has 8 heteroatoms. The van der Waals surface area contributed by atoms with Crippen LogP contribution in [0.4, 0.5) is 0 Å². The molecule has 0 amide bonds. The van der Waals surface area contributed by atoms with E-state index in [1.54, 1.807) is 39.8 Å². The topological polar surface area (TPSA) is 97.4 Å². The molecule has 0 aromatic heterocycles. The van der Waals surface area contributed by atoms with E-state index in [-0.39, 0.29) is 34.1 Å². The minimum atomic E-state index is -3.58. The minimum absolute atomic E-state index is 0.0214. The van der Waals surface area contributed by atoms with Crippen LogP contribution in [-0.2, 0) is 31.1 Å². The highest BCUT2D eigenvalue weighted by Gasteiger charge is 2.17. The SMILES string of the molecule is CC(C)NS(=O)(=O)c1cccc(CC(=O)CCCCCS(=O)(=O)C(C)C)c1. The summed E-state index contributed by atoms with van der Waals surface area (Å²) in [7, 11) is -6.60. The van der Waals surface area contributed by atoms with E-state index in [1.165, 1.54) is 12.1 Å². The zero-order valence-corrected chi connectivity index (χ0v) is 18.2. The molecule has 6 nitrogen and oxygen atoms in total. The summed E-state index contributed by atoms with van der Waals surface area (Å²) in [6.45, 7) is 6.84. The third-order valence-corrected chi connectivity index (χ3v) is 8.05. The Balaban J connectivity index is 2.51. The van der Waals surface area contributed by atoms with Crippen molar-refractivity contribution in [3.63, 3.8) is 0 Å². The molecule has 0 saturated heterocycles. The van der Waals surface area contributed by atoms with Crippen LogP contribution in [0.2, 0.25) is 0 Å². The Bertz CT molecular complexity index is 827. The van der Waals surface area contributed by atoms with Crippen molar-refractivity contribution in [2.75, 3.05) is 5.75 Å². The van der Waals surface area contributed by atoms with Gasteiger partial charge in [-0.3, -0.25) is 4.79 Å². The zero-order chi connectivity index (χ0) is 20.7. The van der Waals surface area contributed by atoms with Crippen LogP contribution < -0.4 is 4.72 Å². The van der Waals surface area contributed by atoms with Crippen molar-refractivity contribution in [3.8, 4) is 0 Å². The first kappa shape index (κ1) is 23.8. The first-order valence-electron chi connectivity index (χ1n) is 9.28. The molecule has 0 bridgehead atoms. The quantitative estimate of drug-likeness (QED) is 0.527. The van der Waals surface area contributed by atoms with Crippen molar-refractivity contribution < 1.29 is 21.6 Å². The number of unbranched alkanes of at least 4 members (excludes halogenated alkanes) is 2. The molecular weight excluding hydrogens is 386 g/mol. The van der Waals surface area contributed by atoms with Crippen molar-refractivity contribution in [2.45, 2.75) is 76.0 Å². The lowest BCUT2D eigenvalue weighted by molar-refractivity contribution is -0.118. The molecule has 1 N–H and O–H groups in total. The predicted molar refractivity (Wildman–Crippen MR) is 108 cm³/mol. The minimum Gasteiger partial charge on any atom is -0.299 e. The Labute approximate surface area is 163 Å². The average Bonchev–Trinajstić information content (AvgIpc) is 2.53. The highest BCUT2D eigenvalue weighted by molar-refractivity contribution is 7.91. The van der Waals surface area contributed by atoms with E-state index >= 15 is 0 Å². The van der Waals surface area contributed by atoms with Crippen molar-refractivity contribution in [1.82, 2.24) is 4.72 Å². The molecule has 0 aliphatic rings.